The maximum Gasteiger partial charge on any atom is 0.261 e. The van der Waals surface area contributed by atoms with Gasteiger partial charge in [0.25, 0.3) is 10.0 Å². The number of fused-ring (bicyclic) bond motifs is 1. The standard InChI is InChI=1S/C22H19FN4O3S2/c1-14-13-27-20(15(2)24-22(27)31-14)11-12-21(28)25-17-5-7-18(8-6-17)26-32(29,30)19-9-3-16(23)4-10-19/h3-13,26H,1-2H3,(H,25,28)/b12-11+. The highest BCUT2D eigenvalue weighted by Crippen LogP contribution is 2.22. The number of sulfonamides is 1. The fraction of sp³-hybridized carbons (Fsp3) is 0.0909. The van der Waals surface area contributed by atoms with E-state index in [0.29, 0.717) is 11.4 Å². The quantitative estimate of drug-likeness (QED) is 0.403. The molecule has 164 valence electrons. The van der Waals surface area contributed by atoms with Crippen LogP contribution in [0.15, 0.2) is 65.7 Å². The summed E-state index contributed by atoms with van der Waals surface area (Å²) in [6.07, 6.45) is 5.11. The number of nitrogens with zero attached hydrogens (tertiary/aromatic N) is 2. The van der Waals surface area contributed by atoms with Crippen LogP contribution >= 0.6 is 11.3 Å². The van der Waals surface area contributed by atoms with Gasteiger partial charge in [0.05, 0.1) is 16.3 Å². The van der Waals surface area contributed by atoms with Crippen molar-refractivity contribution in [3.8, 4) is 0 Å². The number of halogens is 1. The lowest BCUT2D eigenvalue weighted by atomic mass is 10.2. The summed E-state index contributed by atoms with van der Waals surface area (Å²) in [4.78, 5) is 18.8. The van der Waals surface area contributed by atoms with E-state index in [-0.39, 0.29) is 10.8 Å². The van der Waals surface area contributed by atoms with Gasteiger partial charge in [-0.2, -0.15) is 0 Å². The van der Waals surface area contributed by atoms with E-state index in [1.807, 2.05) is 24.4 Å². The minimum absolute atomic E-state index is 0.0495. The zero-order valence-electron chi connectivity index (χ0n) is 17.2. The van der Waals surface area contributed by atoms with Gasteiger partial charge in [0.1, 0.15) is 5.82 Å². The molecule has 0 unspecified atom stereocenters. The molecule has 4 aromatic rings. The molecule has 0 fully saturated rings. The van der Waals surface area contributed by atoms with E-state index >= 15 is 0 Å². The molecule has 2 N–H and O–H groups in total. The number of rotatable bonds is 6. The molecule has 2 heterocycles. The summed E-state index contributed by atoms with van der Waals surface area (Å²) in [5, 5.41) is 2.73. The van der Waals surface area contributed by atoms with Gasteiger partial charge in [0.15, 0.2) is 4.96 Å². The number of aromatic nitrogens is 2. The van der Waals surface area contributed by atoms with Crippen molar-refractivity contribution in [2.24, 2.45) is 0 Å². The van der Waals surface area contributed by atoms with Gasteiger partial charge in [0, 0.05) is 28.5 Å². The van der Waals surface area contributed by atoms with E-state index in [9.17, 15) is 17.6 Å². The van der Waals surface area contributed by atoms with Crippen LogP contribution in [0.1, 0.15) is 16.3 Å². The molecule has 10 heteroatoms. The zero-order chi connectivity index (χ0) is 22.9. The van der Waals surface area contributed by atoms with Gasteiger partial charge >= 0.3 is 0 Å². The number of hydrogen-bond donors (Lipinski definition) is 2. The Bertz CT molecular complexity index is 1420. The molecule has 0 spiro atoms. The van der Waals surface area contributed by atoms with Crippen molar-refractivity contribution in [1.29, 1.82) is 0 Å². The number of nitrogens with one attached hydrogen (secondary N) is 2. The Morgan fingerprint density at radius 3 is 2.41 bits per heavy atom. The second-order valence-electron chi connectivity index (χ2n) is 7.04. The number of benzene rings is 2. The minimum Gasteiger partial charge on any atom is -0.323 e. The van der Waals surface area contributed by atoms with Gasteiger partial charge in [-0.15, -0.1) is 11.3 Å². The van der Waals surface area contributed by atoms with Crippen molar-refractivity contribution in [2.45, 2.75) is 18.7 Å². The monoisotopic (exact) mass is 470 g/mol. The summed E-state index contributed by atoms with van der Waals surface area (Å²) in [6.45, 7) is 3.89. The first-order valence-electron chi connectivity index (χ1n) is 9.54. The molecule has 0 bridgehead atoms. The molecule has 0 aliphatic carbocycles. The van der Waals surface area contributed by atoms with Crippen molar-refractivity contribution in [3.05, 3.63) is 82.9 Å². The molecule has 1 amide bonds. The third-order valence-electron chi connectivity index (χ3n) is 4.58. The van der Waals surface area contributed by atoms with E-state index < -0.39 is 15.8 Å². The number of amides is 1. The first kappa shape index (κ1) is 21.7. The molecule has 4 rings (SSSR count). The summed E-state index contributed by atoms with van der Waals surface area (Å²) < 4.78 is 42.1. The van der Waals surface area contributed by atoms with Crippen LogP contribution in [0.2, 0.25) is 0 Å². The molecule has 32 heavy (non-hydrogen) atoms. The van der Waals surface area contributed by atoms with Crippen LogP contribution in [-0.2, 0) is 14.8 Å². The number of imidazole rings is 1. The van der Waals surface area contributed by atoms with Gasteiger partial charge in [-0.1, -0.05) is 0 Å². The van der Waals surface area contributed by atoms with Crippen LogP contribution in [0.5, 0.6) is 0 Å². The molecule has 0 atom stereocenters. The average Bonchev–Trinajstić information content (AvgIpc) is 3.22. The maximum atomic E-state index is 13.0. The second kappa shape index (κ2) is 8.56. The number of aryl methyl sites for hydroxylation is 2. The van der Waals surface area contributed by atoms with Crippen LogP contribution < -0.4 is 10.0 Å². The lowest BCUT2D eigenvalue weighted by Gasteiger charge is -2.09. The summed E-state index contributed by atoms with van der Waals surface area (Å²) in [6, 6.07) is 10.8. The van der Waals surface area contributed by atoms with Gasteiger partial charge in [-0.25, -0.2) is 17.8 Å². The zero-order valence-corrected chi connectivity index (χ0v) is 18.8. The van der Waals surface area contributed by atoms with E-state index in [1.54, 1.807) is 29.5 Å². The average molecular weight is 471 g/mol. The Labute approximate surface area is 188 Å². The predicted octanol–water partition coefficient (Wildman–Crippen LogP) is 4.60. The Morgan fingerprint density at radius 1 is 1.06 bits per heavy atom. The molecule has 0 saturated heterocycles. The Kier molecular flexibility index (Phi) is 5.81. The topological polar surface area (TPSA) is 92.6 Å². The van der Waals surface area contributed by atoms with Crippen molar-refractivity contribution in [1.82, 2.24) is 9.38 Å². The van der Waals surface area contributed by atoms with Gasteiger partial charge in [-0.05, 0) is 68.5 Å². The molecule has 0 radical (unpaired) electrons. The molecule has 2 aromatic heterocycles. The van der Waals surface area contributed by atoms with Crippen molar-refractivity contribution < 1.29 is 17.6 Å². The van der Waals surface area contributed by atoms with Gasteiger partial charge in [-0.3, -0.25) is 13.9 Å². The van der Waals surface area contributed by atoms with E-state index in [1.165, 1.54) is 30.3 Å². The smallest absolute Gasteiger partial charge is 0.261 e. The molecular formula is C22H19FN4O3S2. The van der Waals surface area contributed by atoms with Crippen LogP contribution in [0, 0.1) is 19.7 Å². The maximum absolute atomic E-state index is 13.0. The van der Waals surface area contributed by atoms with Gasteiger partial charge in [0.2, 0.25) is 5.91 Å². The highest BCUT2D eigenvalue weighted by molar-refractivity contribution is 7.92. The van der Waals surface area contributed by atoms with E-state index in [2.05, 4.69) is 15.0 Å². The predicted molar refractivity (Wildman–Crippen MR) is 124 cm³/mol. The highest BCUT2D eigenvalue weighted by Gasteiger charge is 2.14. The number of carbonyl (C=O) groups is 1. The molecule has 0 saturated carbocycles. The summed E-state index contributed by atoms with van der Waals surface area (Å²) >= 11 is 1.58. The number of thiazole rings is 1. The number of anilines is 2. The third kappa shape index (κ3) is 4.71. The van der Waals surface area contributed by atoms with Crippen LogP contribution in [0.4, 0.5) is 15.8 Å². The summed E-state index contributed by atoms with van der Waals surface area (Å²) in [5.41, 5.74) is 2.49. The van der Waals surface area contributed by atoms with Gasteiger partial charge < -0.3 is 5.32 Å². The highest BCUT2D eigenvalue weighted by atomic mass is 32.2. The Morgan fingerprint density at radius 2 is 1.72 bits per heavy atom. The van der Waals surface area contributed by atoms with Crippen molar-refractivity contribution in [3.63, 3.8) is 0 Å². The first-order valence-corrected chi connectivity index (χ1v) is 11.8. The SMILES string of the molecule is Cc1cn2c(/C=C/C(=O)Nc3ccc(NS(=O)(=O)c4ccc(F)cc4)cc3)c(C)nc2s1. The first-order chi connectivity index (χ1) is 15.2. The fourth-order valence-electron chi connectivity index (χ4n) is 3.07. The lowest BCUT2D eigenvalue weighted by Crippen LogP contribution is -2.13. The Hall–Kier alpha value is -3.50. The van der Waals surface area contributed by atoms with Crippen LogP contribution in [-0.4, -0.2) is 23.7 Å². The Balaban J connectivity index is 1.42. The molecule has 0 aliphatic rings. The lowest BCUT2D eigenvalue weighted by molar-refractivity contribution is -0.111. The molecule has 7 nitrogen and oxygen atoms in total. The largest absolute Gasteiger partial charge is 0.323 e. The molecule has 0 aliphatic heterocycles. The van der Waals surface area contributed by atoms with E-state index in [4.69, 9.17) is 0 Å². The third-order valence-corrected chi connectivity index (χ3v) is 6.88. The normalized spacial score (nSPS) is 11.8. The minimum atomic E-state index is -3.84. The van der Waals surface area contributed by atoms with E-state index in [0.717, 1.165) is 33.4 Å². The second-order valence-corrected chi connectivity index (χ2v) is 9.93. The van der Waals surface area contributed by atoms with Crippen LogP contribution in [0.3, 0.4) is 0 Å². The van der Waals surface area contributed by atoms with Crippen LogP contribution in [0.25, 0.3) is 11.0 Å². The number of carbonyl (C=O) groups excluding carboxylic acids is 1. The number of hydrogen-bond acceptors (Lipinski definition) is 5. The molecule has 2 aromatic carbocycles. The summed E-state index contributed by atoms with van der Waals surface area (Å²) in [7, 11) is -3.84. The van der Waals surface area contributed by atoms with Crippen molar-refractivity contribution >= 4 is 49.7 Å². The van der Waals surface area contributed by atoms with Crippen molar-refractivity contribution in [2.75, 3.05) is 10.0 Å². The molecular weight excluding hydrogens is 451 g/mol. The fourth-order valence-corrected chi connectivity index (χ4v) is 5.01. The summed E-state index contributed by atoms with van der Waals surface area (Å²) in [5.74, 6) is -0.845.